The van der Waals surface area contributed by atoms with E-state index in [1.165, 1.54) is 44.4 Å². The van der Waals surface area contributed by atoms with Crippen molar-refractivity contribution in [3.63, 3.8) is 0 Å². The van der Waals surface area contributed by atoms with E-state index in [1.807, 2.05) is 0 Å². The molecule has 0 aliphatic rings. The number of carbonyl (C=O) groups excluding carboxylic acids is 2. The number of hydrogen-bond donors (Lipinski definition) is 3. The van der Waals surface area contributed by atoms with Crippen molar-refractivity contribution in [2.24, 2.45) is 0 Å². The van der Waals surface area contributed by atoms with Gasteiger partial charge in [0.15, 0.2) is 5.78 Å². The fourth-order valence-electron chi connectivity index (χ4n) is 4.15. The number of carboxylic acids is 1. The Morgan fingerprint density at radius 1 is 1.02 bits per heavy atom. The van der Waals surface area contributed by atoms with Gasteiger partial charge in [-0.1, -0.05) is 23.7 Å². The lowest BCUT2D eigenvalue weighted by Crippen LogP contribution is -2.36. The molecule has 10 nitrogen and oxygen atoms in total. The van der Waals surface area contributed by atoms with Crippen LogP contribution in [0.15, 0.2) is 77.6 Å². The molecule has 0 radical (unpaired) electrons. The zero-order valence-electron chi connectivity index (χ0n) is 21.6. The van der Waals surface area contributed by atoms with Crippen LogP contribution >= 0.6 is 11.6 Å². The Bertz CT molecular complexity index is 1650. The number of nitrogens with two attached hydrogens (primary N) is 1. The van der Waals surface area contributed by atoms with E-state index in [0.29, 0.717) is 33.1 Å². The highest BCUT2D eigenvalue weighted by atomic mass is 35.5. The highest BCUT2D eigenvalue weighted by molar-refractivity contribution is 6.31. The van der Waals surface area contributed by atoms with Gasteiger partial charge in [0.1, 0.15) is 6.04 Å². The van der Waals surface area contributed by atoms with E-state index in [9.17, 15) is 19.2 Å². The number of amides is 1. The van der Waals surface area contributed by atoms with Crippen LogP contribution < -0.4 is 21.3 Å². The molecule has 1 aromatic heterocycles. The molecular formula is C29H25ClN4O6. The molecule has 0 aliphatic heterocycles. The molecular weight excluding hydrogens is 536 g/mol. The second-order valence-electron chi connectivity index (χ2n) is 8.93. The summed E-state index contributed by atoms with van der Waals surface area (Å²) < 4.78 is 6.50. The summed E-state index contributed by atoms with van der Waals surface area (Å²) in [6, 6.07) is 17.2. The quantitative estimate of drug-likeness (QED) is 0.200. The molecule has 204 valence electrons. The standard InChI is InChI=1S/C29H25ClN4O6/c1-16(35)22-12-7-19(30)14-23(22)24-15-26(36)34(33-28(24)40-2)25(13-17-3-8-20(31)9-4-17)27(37)32-21-10-5-18(6-11-21)29(38)39/h3-12,14-15,25H,13,31H2,1-2H3,(H,32,37)(H,38,39). The third-order valence-electron chi connectivity index (χ3n) is 6.17. The first-order valence-corrected chi connectivity index (χ1v) is 12.4. The Balaban J connectivity index is 1.80. The number of hydrogen-bond acceptors (Lipinski definition) is 7. The molecule has 0 aliphatic carbocycles. The number of carbonyl (C=O) groups is 3. The van der Waals surface area contributed by atoms with Gasteiger partial charge in [0.25, 0.3) is 5.56 Å². The summed E-state index contributed by atoms with van der Waals surface area (Å²) in [5.74, 6) is -1.91. The monoisotopic (exact) mass is 560 g/mol. The number of halogens is 1. The first kappa shape index (κ1) is 28.1. The van der Waals surface area contributed by atoms with Gasteiger partial charge in [-0.15, -0.1) is 5.10 Å². The molecule has 1 atom stereocenters. The topological polar surface area (TPSA) is 154 Å². The number of Topliss-reactive ketones (excluding diaryl/α,β-unsaturated/α-hetero) is 1. The number of aromatic nitrogens is 2. The first-order chi connectivity index (χ1) is 19.1. The number of anilines is 2. The first-order valence-electron chi connectivity index (χ1n) is 12.0. The molecule has 4 rings (SSSR count). The van der Waals surface area contributed by atoms with E-state index in [-0.39, 0.29) is 29.2 Å². The van der Waals surface area contributed by atoms with Gasteiger partial charge < -0.3 is 20.9 Å². The molecule has 0 saturated carbocycles. The SMILES string of the molecule is COc1nn(C(Cc2ccc(N)cc2)C(=O)Nc2ccc(C(=O)O)cc2)c(=O)cc1-c1cc(Cl)ccc1C(C)=O. The van der Waals surface area contributed by atoms with Gasteiger partial charge in [0, 0.05) is 34.4 Å². The van der Waals surface area contributed by atoms with Crippen LogP contribution in [0.2, 0.25) is 5.02 Å². The van der Waals surface area contributed by atoms with Gasteiger partial charge >= 0.3 is 5.97 Å². The summed E-state index contributed by atoms with van der Waals surface area (Å²) in [6.07, 6.45) is 0.0740. The van der Waals surface area contributed by atoms with Crippen LogP contribution in [0.25, 0.3) is 11.1 Å². The minimum absolute atomic E-state index is 0.00489. The Kier molecular flexibility index (Phi) is 8.30. The molecule has 11 heteroatoms. The van der Waals surface area contributed by atoms with E-state index in [0.717, 1.165) is 4.68 Å². The van der Waals surface area contributed by atoms with Crippen molar-refractivity contribution in [2.75, 3.05) is 18.2 Å². The third-order valence-corrected chi connectivity index (χ3v) is 6.41. The molecule has 4 N–H and O–H groups in total. The van der Waals surface area contributed by atoms with Crippen molar-refractivity contribution < 1.29 is 24.2 Å². The Hall–Kier alpha value is -4.96. The van der Waals surface area contributed by atoms with Crippen LogP contribution in [0.5, 0.6) is 5.88 Å². The molecule has 0 spiro atoms. The number of ketones is 1. The van der Waals surface area contributed by atoms with Crippen molar-refractivity contribution in [1.82, 2.24) is 9.78 Å². The third kappa shape index (κ3) is 6.19. The highest BCUT2D eigenvalue weighted by Crippen LogP contribution is 2.32. The number of nitrogen functional groups attached to an aromatic ring is 1. The minimum Gasteiger partial charge on any atom is -0.480 e. The number of ether oxygens (including phenoxy) is 1. The summed E-state index contributed by atoms with van der Waals surface area (Å²) in [5, 5.41) is 16.6. The van der Waals surface area contributed by atoms with E-state index in [1.54, 1.807) is 42.5 Å². The summed E-state index contributed by atoms with van der Waals surface area (Å²) in [4.78, 5) is 50.5. The van der Waals surface area contributed by atoms with Gasteiger partial charge in [-0.05, 0) is 72.6 Å². The number of nitrogens with zero attached hydrogens (tertiary/aromatic N) is 2. The number of benzene rings is 3. The van der Waals surface area contributed by atoms with Crippen LogP contribution in [0.3, 0.4) is 0 Å². The molecule has 3 aromatic carbocycles. The van der Waals surface area contributed by atoms with Crippen molar-refractivity contribution >= 4 is 40.6 Å². The molecule has 1 amide bonds. The zero-order valence-corrected chi connectivity index (χ0v) is 22.3. The second-order valence-corrected chi connectivity index (χ2v) is 9.37. The summed E-state index contributed by atoms with van der Waals surface area (Å²) in [5.41, 5.74) is 7.74. The van der Waals surface area contributed by atoms with E-state index in [4.69, 9.17) is 27.2 Å². The summed E-state index contributed by atoms with van der Waals surface area (Å²) >= 11 is 6.19. The number of nitrogens with one attached hydrogen (secondary N) is 1. The number of aromatic carboxylic acids is 1. The zero-order chi connectivity index (χ0) is 29.0. The molecule has 40 heavy (non-hydrogen) atoms. The van der Waals surface area contributed by atoms with Crippen molar-refractivity contribution in [2.45, 2.75) is 19.4 Å². The number of carboxylic acid groups (broad SMARTS) is 1. The molecule has 4 aromatic rings. The molecule has 0 saturated heterocycles. The molecule has 1 heterocycles. The average molecular weight is 561 g/mol. The fourth-order valence-corrected chi connectivity index (χ4v) is 4.33. The predicted octanol–water partition coefficient (Wildman–Crippen LogP) is 4.48. The smallest absolute Gasteiger partial charge is 0.335 e. The van der Waals surface area contributed by atoms with E-state index < -0.39 is 23.5 Å². The van der Waals surface area contributed by atoms with Crippen LogP contribution in [0.1, 0.15) is 39.2 Å². The van der Waals surface area contributed by atoms with Crippen molar-refractivity contribution in [1.29, 1.82) is 0 Å². The maximum Gasteiger partial charge on any atom is 0.335 e. The Labute approximate surface area is 234 Å². The predicted molar refractivity (Wildman–Crippen MR) is 151 cm³/mol. The second kappa shape index (κ2) is 11.8. The summed E-state index contributed by atoms with van der Waals surface area (Å²) in [7, 11) is 1.36. The lowest BCUT2D eigenvalue weighted by Gasteiger charge is -2.20. The van der Waals surface area contributed by atoms with Gasteiger partial charge in [0.05, 0.1) is 18.2 Å². The fraction of sp³-hybridized carbons (Fsp3) is 0.138. The van der Waals surface area contributed by atoms with Gasteiger partial charge in [-0.3, -0.25) is 14.4 Å². The van der Waals surface area contributed by atoms with Gasteiger partial charge in [0.2, 0.25) is 11.8 Å². The molecule has 1 unspecified atom stereocenters. The average Bonchev–Trinajstić information content (AvgIpc) is 2.92. The molecule has 0 bridgehead atoms. The largest absolute Gasteiger partial charge is 0.480 e. The minimum atomic E-state index is -1.13. The van der Waals surface area contributed by atoms with Gasteiger partial charge in [-0.2, -0.15) is 0 Å². The number of methoxy groups -OCH3 is 1. The molecule has 0 fully saturated rings. The maximum atomic E-state index is 13.5. The normalized spacial score (nSPS) is 11.5. The van der Waals surface area contributed by atoms with E-state index in [2.05, 4.69) is 10.4 Å². The number of rotatable bonds is 9. The van der Waals surface area contributed by atoms with Crippen molar-refractivity contribution in [3.8, 4) is 17.0 Å². The van der Waals surface area contributed by atoms with Crippen LogP contribution in [-0.2, 0) is 11.2 Å². The highest BCUT2D eigenvalue weighted by Gasteiger charge is 2.26. The van der Waals surface area contributed by atoms with Crippen LogP contribution in [-0.4, -0.2) is 39.7 Å². The van der Waals surface area contributed by atoms with E-state index >= 15 is 0 Å². The summed E-state index contributed by atoms with van der Waals surface area (Å²) in [6.45, 7) is 1.39. The lowest BCUT2D eigenvalue weighted by molar-refractivity contribution is -0.119. The van der Waals surface area contributed by atoms with Crippen LogP contribution in [0.4, 0.5) is 11.4 Å². The maximum absolute atomic E-state index is 13.5. The van der Waals surface area contributed by atoms with Gasteiger partial charge in [-0.25, -0.2) is 9.48 Å². The lowest BCUT2D eigenvalue weighted by atomic mass is 9.98. The Morgan fingerprint density at radius 3 is 2.30 bits per heavy atom. The van der Waals surface area contributed by atoms with Crippen LogP contribution in [0, 0.1) is 0 Å². The van der Waals surface area contributed by atoms with Crippen molar-refractivity contribution in [3.05, 3.63) is 105 Å². The Morgan fingerprint density at radius 2 is 1.70 bits per heavy atom.